The van der Waals surface area contributed by atoms with E-state index in [0.717, 1.165) is 5.56 Å². The number of Topliss-reactive ketones (excluding diaryl/α,β-unsaturated/α-hetero) is 1. The minimum Gasteiger partial charge on any atom is -0.481 e. The van der Waals surface area contributed by atoms with Crippen LogP contribution in [-0.4, -0.2) is 22.8 Å². The van der Waals surface area contributed by atoms with Crippen molar-refractivity contribution in [2.45, 2.75) is 13.0 Å². The zero-order valence-electron chi connectivity index (χ0n) is 16.7. The van der Waals surface area contributed by atoms with Crippen molar-refractivity contribution in [1.82, 2.24) is 0 Å². The second-order valence-corrected chi connectivity index (χ2v) is 8.05. The first-order valence-electron chi connectivity index (χ1n) is 9.86. The van der Waals surface area contributed by atoms with Gasteiger partial charge in [-0.05, 0) is 36.8 Å². The molecular weight excluding hydrogens is 414 g/mol. The molecule has 31 heavy (non-hydrogen) atoms. The topological polar surface area (TPSA) is 74.7 Å². The molecule has 3 aromatic rings. The normalized spacial score (nSPS) is 20.6. The third-order valence-electron chi connectivity index (χ3n) is 5.63. The number of carbonyl (C=O) groups excluding carboxylic acids is 2. The third kappa shape index (κ3) is 3.84. The number of hydrogen-bond acceptors (Lipinski definition) is 3. The lowest BCUT2D eigenvalue weighted by Crippen LogP contribution is -2.32. The lowest BCUT2D eigenvalue weighted by atomic mass is 9.81. The van der Waals surface area contributed by atoms with Crippen LogP contribution >= 0.6 is 11.6 Å². The SMILES string of the molecule is Cc1ccc(N2C(=O)[C@@H](C(=O)O)[C@H](C(=O)c3ccccc3)[C@H]2c2ccc(Cl)cc2)cc1. The molecule has 0 aliphatic carbocycles. The largest absolute Gasteiger partial charge is 0.481 e. The van der Waals surface area contributed by atoms with Crippen LogP contribution < -0.4 is 4.90 Å². The number of anilines is 1. The van der Waals surface area contributed by atoms with Gasteiger partial charge in [0, 0.05) is 16.3 Å². The lowest BCUT2D eigenvalue weighted by molar-refractivity contribution is -0.146. The van der Waals surface area contributed by atoms with Gasteiger partial charge in [-0.15, -0.1) is 0 Å². The minimum atomic E-state index is -1.49. The van der Waals surface area contributed by atoms with Crippen LogP contribution in [0.25, 0.3) is 0 Å². The summed E-state index contributed by atoms with van der Waals surface area (Å²) >= 11 is 6.05. The highest BCUT2D eigenvalue weighted by Crippen LogP contribution is 2.46. The maximum atomic E-state index is 13.5. The van der Waals surface area contributed by atoms with Crippen molar-refractivity contribution in [3.05, 3.63) is 101 Å². The average Bonchev–Trinajstić information content (AvgIpc) is 3.08. The van der Waals surface area contributed by atoms with Gasteiger partial charge in [-0.2, -0.15) is 0 Å². The molecule has 1 heterocycles. The Morgan fingerprint density at radius 1 is 0.903 bits per heavy atom. The molecule has 0 aromatic heterocycles. The first kappa shape index (κ1) is 20.8. The van der Waals surface area contributed by atoms with E-state index >= 15 is 0 Å². The zero-order chi connectivity index (χ0) is 22.1. The Morgan fingerprint density at radius 2 is 1.52 bits per heavy atom. The molecule has 0 bridgehead atoms. The van der Waals surface area contributed by atoms with Crippen molar-refractivity contribution in [2.75, 3.05) is 4.90 Å². The molecule has 3 aromatic carbocycles. The molecule has 5 nitrogen and oxygen atoms in total. The molecule has 1 aliphatic rings. The number of amides is 1. The maximum absolute atomic E-state index is 13.5. The van der Waals surface area contributed by atoms with E-state index in [9.17, 15) is 19.5 Å². The monoisotopic (exact) mass is 433 g/mol. The van der Waals surface area contributed by atoms with Crippen molar-refractivity contribution in [3.63, 3.8) is 0 Å². The summed E-state index contributed by atoms with van der Waals surface area (Å²) in [6, 6.07) is 21.8. The van der Waals surface area contributed by atoms with Crippen LogP contribution in [0, 0.1) is 18.8 Å². The van der Waals surface area contributed by atoms with Gasteiger partial charge in [0.2, 0.25) is 5.91 Å². The van der Waals surface area contributed by atoms with E-state index in [1.807, 2.05) is 19.1 Å². The fraction of sp³-hybridized carbons (Fsp3) is 0.160. The van der Waals surface area contributed by atoms with E-state index in [0.29, 0.717) is 21.8 Å². The number of rotatable bonds is 5. The number of ketones is 1. The Morgan fingerprint density at radius 3 is 2.10 bits per heavy atom. The fourth-order valence-corrected chi connectivity index (χ4v) is 4.27. The molecule has 156 valence electrons. The van der Waals surface area contributed by atoms with E-state index in [2.05, 4.69) is 0 Å². The van der Waals surface area contributed by atoms with Crippen LogP contribution in [0.2, 0.25) is 5.02 Å². The molecule has 0 spiro atoms. The number of aryl methyl sites for hydroxylation is 1. The summed E-state index contributed by atoms with van der Waals surface area (Å²) in [6.45, 7) is 1.92. The van der Waals surface area contributed by atoms with Gasteiger partial charge in [0.1, 0.15) is 5.92 Å². The first-order chi connectivity index (χ1) is 14.9. The predicted octanol–water partition coefficient (Wildman–Crippen LogP) is 4.94. The summed E-state index contributed by atoms with van der Waals surface area (Å²) in [5, 5.41) is 10.5. The number of carbonyl (C=O) groups is 3. The van der Waals surface area contributed by atoms with Gasteiger partial charge in [-0.3, -0.25) is 14.4 Å². The zero-order valence-corrected chi connectivity index (χ0v) is 17.5. The Hall–Kier alpha value is -3.44. The summed E-state index contributed by atoms with van der Waals surface area (Å²) in [5.74, 6) is -4.88. The van der Waals surface area contributed by atoms with Crippen LogP contribution in [0.3, 0.4) is 0 Å². The minimum absolute atomic E-state index is 0.372. The Bertz CT molecular complexity index is 1130. The first-order valence-corrected chi connectivity index (χ1v) is 10.2. The van der Waals surface area contributed by atoms with Crippen molar-refractivity contribution >= 4 is 34.9 Å². The van der Waals surface area contributed by atoms with Gasteiger partial charge < -0.3 is 10.0 Å². The number of benzene rings is 3. The molecule has 0 unspecified atom stereocenters. The highest BCUT2D eigenvalue weighted by Gasteiger charge is 2.55. The van der Waals surface area contributed by atoms with Gasteiger partial charge in [0.15, 0.2) is 5.78 Å². The van der Waals surface area contributed by atoms with Crippen LogP contribution in [-0.2, 0) is 9.59 Å². The molecule has 1 aliphatic heterocycles. The van der Waals surface area contributed by atoms with Gasteiger partial charge in [-0.25, -0.2) is 0 Å². The van der Waals surface area contributed by atoms with Crippen LogP contribution in [0.1, 0.15) is 27.5 Å². The summed E-state index contributed by atoms with van der Waals surface area (Å²) in [7, 11) is 0. The molecule has 1 fully saturated rings. The van der Waals surface area contributed by atoms with Crippen molar-refractivity contribution < 1.29 is 19.5 Å². The van der Waals surface area contributed by atoms with Gasteiger partial charge in [-0.1, -0.05) is 71.8 Å². The van der Waals surface area contributed by atoms with Crippen LogP contribution in [0.5, 0.6) is 0 Å². The molecule has 1 N–H and O–H groups in total. The molecule has 0 radical (unpaired) electrons. The second kappa shape index (κ2) is 8.36. The smallest absolute Gasteiger partial charge is 0.316 e. The van der Waals surface area contributed by atoms with Crippen LogP contribution in [0.4, 0.5) is 5.69 Å². The fourth-order valence-electron chi connectivity index (χ4n) is 4.14. The Balaban J connectivity index is 1.91. The molecule has 6 heteroatoms. The van der Waals surface area contributed by atoms with E-state index in [-0.39, 0.29) is 5.78 Å². The summed E-state index contributed by atoms with van der Waals surface area (Å²) in [5.41, 5.74) is 2.57. The number of carboxylic acids is 1. The highest BCUT2D eigenvalue weighted by molar-refractivity contribution is 6.30. The molecule has 3 atom stereocenters. The Labute approximate surface area is 184 Å². The molecule has 1 amide bonds. The van der Waals surface area contributed by atoms with Crippen molar-refractivity contribution in [2.24, 2.45) is 11.8 Å². The van der Waals surface area contributed by atoms with E-state index in [1.54, 1.807) is 66.7 Å². The summed E-state index contributed by atoms with van der Waals surface area (Å²) in [4.78, 5) is 40.6. The quantitative estimate of drug-likeness (QED) is 0.457. The standard InChI is InChI=1S/C25H20ClNO4/c1-15-7-13-19(14-8-15)27-22(16-9-11-18(26)12-10-16)20(21(24(27)29)25(30)31)23(28)17-5-3-2-4-6-17/h2-14,20-22H,1H3,(H,30,31)/t20-,21-,22+/m0/s1. The molecule has 1 saturated heterocycles. The molecular formula is C25H20ClNO4. The number of aliphatic carboxylic acids is 1. The predicted molar refractivity (Wildman–Crippen MR) is 118 cm³/mol. The van der Waals surface area contributed by atoms with Crippen molar-refractivity contribution in [1.29, 1.82) is 0 Å². The highest BCUT2D eigenvalue weighted by atomic mass is 35.5. The number of halogens is 1. The van der Waals surface area contributed by atoms with E-state index in [4.69, 9.17) is 11.6 Å². The van der Waals surface area contributed by atoms with Gasteiger partial charge in [0.05, 0.1) is 12.0 Å². The van der Waals surface area contributed by atoms with Crippen molar-refractivity contribution in [3.8, 4) is 0 Å². The van der Waals surface area contributed by atoms with Gasteiger partial charge in [0.25, 0.3) is 0 Å². The number of carboxylic acid groups (broad SMARTS) is 1. The second-order valence-electron chi connectivity index (χ2n) is 7.61. The summed E-state index contributed by atoms with van der Waals surface area (Å²) in [6.07, 6.45) is 0. The third-order valence-corrected chi connectivity index (χ3v) is 5.88. The number of hydrogen-bond donors (Lipinski definition) is 1. The average molecular weight is 434 g/mol. The lowest BCUT2D eigenvalue weighted by Gasteiger charge is -2.28. The maximum Gasteiger partial charge on any atom is 0.316 e. The van der Waals surface area contributed by atoms with Gasteiger partial charge >= 0.3 is 5.97 Å². The Kier molecular flexibility index (Phi) is 5.61. The van der Waals surface area contributed by atoms with Crippen LogP contribution in [0.15, 0.2) is 78.9 Å². The molecule has 0 saturated carbocycles. The van der Waals surface area contributed by atoms with E-state index < -0.39 is 29.8 Å². The molecule has 4 rings (SSSR count). The number of nitrogens with zero attached hydrogens (tertiary/aromatic N) is 1. The summed E-state index contributed by atoms with van der Waals surface area (Å²) < 4.78 is 0. The van der Waals surface area contributed by atoms with E-state index in [1.165, 1.54) is 4.90 Å².